The molecule has 19 heavy (non-hydrogen) atoms. The van der Waals surface area contributed by atoms with Crippen LogP contribution in [0.4, 0.5) is 0 Å². The lowest BCUT2D eigenvalue weighted by Gasteiger charge is -2.24. The molecule has 106 valence electrons. The third-order valence-electron chi connectivity index (χ3n) is 4.60. The van der Waals surface area contributed by atoms with Crippen LogP contribution in [0.3, 0.4) is 0 Å². The largest absolute Gasteiger partial charge is 0.496 e. The Bertz CT molecular complexity index is 470. The van der Waals surface area contributed by atoms with E-state index in [1.807, 2.05) is 0 Å². The van der Waals surface area contributed by atoms with Crippen molar-refractivity contribution in [2.45, 2.75) is 33.2 Å². The van der Waals surface area contributed by atoms with Crippen molar-refractivity contribution < 1.29 is 4.74 Å². The first-order chi connectivity index (χ1) is 8.99. The summed E-state index contributed by atoms with van der Waals surface area (Å²) in [4.78, 5) is 2.44. The van der Waals surface area contributed by atoms with Gasteiger partial charge in [-0.1, -0.05) is 6.07 Å². The molecular weight excluding hydrogens is 236 g/mol. The monoisotopic (exact) mass is 262 g/mol. The highest BCUT2D eigenvalue weighted by Gasteiger charge is 2.31. The van der Waals surface area contributed by atoms with Crippen molar-refractivity contribution in [2.75, 3.05) is 27.2 Å². The summed E-state index contributed by atoms with van der Waals surface area (Å²) in [5.74, 6) is 1.65. The van der Waals surface area contributed by atoms with Gasteiger partial charge in [0.25, 0.3) is 0 Å². The third kappa shape index (κ3) is 2.49. The summed E-state index contributed by atoms with van der Waals surface area (Å²) < 4.78 is 5.51. The van der Waals surface area contributed by atoms with E-state index >= 15 is 0 Å². The molecular formula is C16H26N2O. The minimum atomic E-state index is 0.497. The fourth-order valence-corrected chi connectivity index (χ4v) is 3.39. The molecule has 0 aromatic heterocycles. The van der Waals surface area contributed by atoms with Crippen LogP contribution >= 0.6 is 0 Å². The molecule has 1 aromatic carbocycles. The highest BCUT2D eigenvalue weighted by molar-refractivity contribution is 5.50. The summed E-state index contributed by atoms with van der Waals surface area (Å²) in [7, 11) is 3.95. The van der Waals surface area contributed by atoms with Gasteiger partial charge in [0.05, 0.1) is 7.11 Å². The van der Waals surface area contributed by atoms with E-state index in [0.29, 0.717) is 12.0 Å². The summed E-state index contributed by atoms with van der Waals surface area (Å²) in [6, 6.07) is 2.79. The molecule has 3 heteroatoms. The summed E-state index contributed by atoms with van der Waals surface area (Å²) in [6.07, 6.45) is 1.17. The second kappa shape index (κ2) is 5.51. The predicted octanol–water partition coefficient (Wildman–Crippen LogP) is 2.57. The normalized spacial score (nSPS) is 23.9. The highest BCUT2D eigenvalue weighted by Crippen LogP contribution is 2.39. The van der Waals surface area contributed by atoms with Crippen LogP contribution in [0.25, 0.3) is 0 Å². The van der Waals surface area contributed by atoms with E-state index in [9.17, 15) is 0 Å². The average Bonchev–Trinajstić information content (AvgIpc) is 2.76. The Morgan fingerprint density at radius 2 is 2.00 bits per heavy atom. The molecule has 1 aliphatic heterocycles. The van der Waals surface area contributed by atoms with Gasteiger partial charge in [-0.05, 0) is 69.0 Å². The highest BCUT2D eigenvalue weighted by atomic mass is 16.5. The number of benzene rings is 1. The third-order valence-corrected chi connectivity index (χ3v) is 4.60. The minimum Gasteiger partial charge on any atom is -0.496 e. The molecule has 0 amide bonds. The lowest BCUT2D eigenvalue weighted by atomic mass is 9.91. The first kappa shape index (κ1) is 14.4. The molecule has 0 bridgehead atoms. The number of likely N-dealkylation sites (tertiary alicyclic amines) is 1. The molecule has 0 radical (unpaired) electrons. The summed E-state index contributed by atoms with van der Waals surface area (Å²) in [5, 5.41) is 0. The predicted molar refractivity (Wildman–Crippen MR) is 79.7 cm³/mol. The van der Waals surface area contributed by atoms with Crippen LogP contribution < -0.4 is 10.5 Å². The van der Waals surface area contributed by atoms with Gasteiger partial charge in [0.1, 0.15) is 5.75 Å². The van der Waals surface area contributed by atoms with Gasteiger partial charge in [-0.3, -0.25) is 4.90 Å². The molecule has 0 aliphatic carbocycles. The van der Waals surface area contributed by atoms with Crippen LogP contribution in [0.15, 0.2) is 6.07 Å². The van der Waals surface area contributed by atoms with Crippen LogP contribution in [0.5, 0.6) is 5.75 Å². The molecule has 2 atom stereocenters. The average molecular weight is 262 g/mol. The molecule has 1 heterocycles. The molecule has 2 N–H and O–H groups in total. The second-order valence-corrected chi connectivity index (χ2v) is 5.86. The molecule has 2 rings (SSSR count). The number of methoxy groups -OCH3 is 1. The van der Waals surface area contributed by atoms with Gasteiger partial charge in [0, 0.05) is 12.6 Å². The van der Waals surface area contributed by atoms with E-state index in [0.717, 1.165) is 18.8 Å². The zero-order valence-electron chi connectivity index (χ0n) is 12.8. The molecule has 0 saturated carbocycles. The zero-order chi connectivity index (χ0) is 14.2. The Morgan fingerprint density at radius 3 is 2.53 bits per heavy atom. The number of aryl methyl sites for hydroxylation is 1. The minimum absolute atomic E-state index is 0.497. The van der Waals surface area contributed by atoms with Crippen molar-refractivity contribution in [1.82, 2.24) is 4.90 Å². The maximum absolute atomic E-state index is 5.83. The van der Waals surface area contributed by atoms with Gasteiger partial charge in [-0.2, -0.15) is 0 Å². The standard InChI is InChI=1S/C16H26N2O/c1-10-6-14(11(2)12(3)16(10)19-5)15-7-13(8-17)9-18(15)4/h6,13,15H,7-9,17H2,1-5H3. The number of hydrogen-bond donors (Lipinski definition) is 1. The molecule has 2 unspecified atom stereocenters. The molecule has 1 saturated heterocycles. The summed E-state index contributed by atoms with van der Waals surface area (Å²) in [5.41, 5.74) is 11.1. The molecule has 1 fully saturated rings. The summed E-state index contributed by atoms with van der Waals surface area (Å²) >= 11 is 0. The van der Waals surface area contributed by atoms with Crippen LogP contribution in [-0.4, -0.2) is 32.1 Å². The van der Waals surface area contributed by atoms with Crippen LogP contribution in [0, 0.1) is 26.7 Å². The SMILES string of the molecule is COc1c(C)cc(C2CC(CN)CN2C)c(C)c1C. The van der Waals surface area contributed by atoms with Gasteiger partial charge in [-0.25, -0.2) is 0 Å². The zero-order valence-corrected chi connectivity index (χ0v) is 12.8. The van der Waals surface area contributed by atoms with Crippen molar-refractivity contribution in [2.24, 2.45) is 11.7 Å². The van der Waals surface area contributed by atoms with Crippen molar-refractivity contribution >= 4 is 0 Å². The molecule has 3 nitrogen and oxygen atoms in total. The number of nitrogens with zero attached hydrogens (tertiary/aromatic N) is 1. The Balaban J connectivity index is 2.41. The van der Waals surface area contributed by atoms with Gasteiger partial charge < -0.3 is 10.5 Å². The van der Waals surface area contributed by atoms with E-state index in [2.05, 4.69) is 38.8 Å². The van der Waals surface area contributed by atoms with Crippen LogP contribution in [0.1, 0.15) is 34.7 Å². The Morgan fingerprint density at radius 1 is 1.32 bits per heavy atom. The fraction of sp³-hybridized carbons (Fsp3) is 0.625. The molecule has 1 aromatic rings. The maximum atomic E-state index is 5.83. The van der Waals surface area contributed by atoms with Crippen molar-refractivity contribution in [3.63, 3.8) is 0 Å². The van der Waals surface area contributed by atoms with E-state index in [1.165, 1.54) is 28.7 Å². The Labute approximate surface area is 116 Å². The van der Waals surface area contributed by atoms with Crippen LogP contribution in [-0.2, 0) is 0 Å². The van der Waals surface area contributed by atoms with Crippen molar-refractivity contribution in [3.05, 3.63) is 28.3 Å². The smallest absolute Gasteiger partial charge is 0.124 e. The van der Waals surface area contributed by atoms with E-state index in [1.54, 1.807) is 7.11 Å². The van der Waals surface area contributed by atoms with Crippen molar-refractivity contribution in [1.29, 1.82) is 0 Å². The Kier molecular flexibility index (Phi) is 4.16. The second-order valence-electron chi connectivity index (χ2n) is 5.86. The van der Waals surface area contributed by atoms with E-state index in [4.69, 9.17) is 10.5 Å². The Hall–Kier alpha value is -1.06. The van der Waals surface area contributed by atoms with E-state index < -0.39 is 0 Å². The van der Waals surface area contributed by atoms with Gasteiger partial charge >= 0.3 is 0 Å². The van der Waals surface area contributed by atoms with Gasteiger partial charge in [0.2, 0.25) is 0 Å². The topological polar surface area (TPSA) is 38.5 Å². The van der Waals surface area contributed by atoms with Gasteiger partial charge in [0.15, 0.2) is 0 Å². The summed E-state index contributed by atoms with van der Waals surface area (Å²) in [6.45, 7) is 8.37. The number of rotatable bonds is 3. The lowest BCUT2D eigenvalue weighted by Crippen LogP contribution is -2.21. The first-order valence-electron chi connectivity index (χ1n) is 7.04. The van der Waals surface area contributed by atoms with Crippen molar-refractivity contribution in [3.8, 4) is 5.75 Å². The fourth-order valence-electron chi connectivity index (χ4n) is 3.39. The number of hydrogen-bond acceptors (Lipinski definition) is 3. The van der Waals surface area contributed by atoms with E-state index in [-0.39, 0.29) is 0 Å². The maximum Gasteiger partial charge on any atom is 0.124 e. The van der Waals surface area contributed by atoms with Gasteiger partial charge in [-0.15, -0.1) is 0 Å². The van der Waals surface area contributed by atoms with Crippen LogP contribution in [0.2, 0.25) is 0 Å². The first-order valence-corrected chi connectivity index (χ1v) is 7.04. The lowest BCUT2D eigenvalue weighted by molar-refractivity contribution is 0.312. The number of ether oxygens (including phenoxy) is 1. The quantitative estimate of drug-likeness (QED) is 0.910. The molecule has 0 spiro atoms. The molecule has 1 aliphatic rings. The number of nitrogens with two attached hydrogens (primary N) is 1.